The third-order valence-corrected chi connectivity index (χ3v) is 5.51. The molecule has 0 aromatic carbocycles. The van der Waals surface area contributed by atoms with Crippen LogP contribution >= 0.6 is 0 Å². The van der Waals surface area contributed by atoms with E-state index in [4.69, 9.17) is 5.11 Å². The molecule has 1 unspecified atom stereocenters. The molecule has 1 atom stereocenters. The molecule has 118 valence electrons. The summed E-state index contributed by atoms with van der Waals surface area (Å²) in [5.74, 6) is -1.13. The van der Waals surface area contributed by atoms with Crippen LogP contribution in [0.15, 0.2) is 0 Å². The highest BCUT2D eigenvalue weighted by Crippen LogP contribution is 2.21. The van der Waals surface area contributed by atoms with Gasteiger partial charge in [-0.1, -0.05) is 13.8 Å². The van der Waals surface area contributed by atoms with Crippen LogP contribution in [0.5, 0.6) is 0 Å². The average Bonchev–Trinajstić information content (AvgIpc) is 2.45. The van der Waals surface area contributed by atoms with Crippen molar-refractivity contribution in [3.63, 3.8) is 0 Å². The van der Waals surface area contributed by atoms with Crippen LogP contribution in [-0.2, 0) is 15.0 Å². The lowest BCUT2D eigenvalue weighted by Gasteiger charge is -2.33. The summed E-state index contributed by atoms with van der Waals surface area (Å²) in [5.41, 5.74) is -1.10. The standard InChI is InChI=1S/C12H24N2O5S/c1-3-12(17,4-2)9-13-20(18,19)14-8-6-5-7-10(14)11(15)16/h10,13,17H,3-9H2,1-2H3,(H,15,16). The summed E-state index contributed by atoms with van der Waals surface area (Å²) < 4.78 is 27.8. The van der Waals surface area contributed by atoms with Crippen LogP contribution in [0.4, 0.5) is 0 Å². The molecular weight excluding hydrogens is 284 g/mol. The monoisotopic (exact) mass is 308 g/mol. The summed E-state index contributed by atoms with van der Waals surface area (Å²) in [7, 11) is -3.89. The Morgan fingerprint density at radius 2 is 1.95 bits per heavy atom. The molecule has 1 aliphatic rings. The number of hydrogen-bond acceptors (Lipinski definition) is 4. The number of carboxylic acids is 1. The summed E-state index contributed by atoms with van der Waals surface area (Å²) in [5, 5.41) is 19.2. The Bertz CT molecular complexity index is 433. The minimum absolute atomic E-state index is 0.106. The molecule has 1 saturated heterocycles. The van der Waals surface area contributed by atoms with Crippen molar-refractivity contribution in [3.8, 4) is 0 Å². The van der Waals surface area contributed by atoms with Crippen LogP contribution in [0.3, 0.4) is 0 Å². The summed E-state index contributed by atoms with van der Waals surface area (Å²) in [6.07, 6.45) is 2.53. The number of nitrogens with zero attached hydrogens (tertiary/aromatic N) is 1. The lowest BCUT2D eigenvalue weighted by molar-refractivity contribution is -0.142. The minimum Gasteiger partial charge on any atom is -0.480 e. The number of carbonyl (C=O) groups is 1. The molecule has 0 aliphatic carbocycles. The Labute approximate surface area is 120 Å². The molecule has 0 aromatic rings. The zero-order valence-corrected chi connectivity index (χ0v) is 12.8. The number of hydrogen-bond donors (Lipinski definition) is 3. The first kappa shape index (κ1) is 17.4. The van der Waals surface area contributed by atoms with Gasteiger partial charge in [-0.15, -0.1) is 0 Å². The van der Waals surface area contributed by atoms with Gasteiger partial charge in [0.2, 0.25) is 0 Å². The van der Waals surface area contributed by atoms with E-state index in [0.29, 0.717) is 32.1 Å². The average molecular weight is 308 g/mol. The van der Waals surface area contributed by atoms with Crippen molar-refractivity contribution >= 4 is 16.2 Å². The molecule has 1 fully saturated rings. The quantitative estimate of drug-likeness (QED) is 0.627. The first-order chi connectivity index (χ1) is 9.25. The second-order valence-corrected chi connectivity index (χ2v) is 6.93. The summed E-state index contributed by atoms with van der Waals surface area (Å²) >= 11 is 0. The molecule has 0 saturated carbocycles. The van der Waals surface area contributed by atoms with Gasteiger partial charge in [0.15, 0.2) is 0 Å². The van der Waals surface area contributed by atoms with Crippen LogP contribution in [0, 0.1) is 0 Å². The van der Waals surface area contributed by atoms with Gasteiger partial charge in [0, 0.05) is 13.1 Å². The Morgan fingerprint density at radius 3 is 2.45 bits per heavy atom. The number of nitrogens with one attached hydrogen (secondary N) is 1. The molecule has 1 heterocycles. The first-order valence-corrected chi connectivity index (χ1v) is 8.41. The van der Waals surface area contributed by atoms with Crippen LogP contribution in [0.25, 0.3) is 0 Å². The van der Waals surface area contributed by atoms with Crippen molar-refractivity contribution in [2.75, 3.05) is 13.1 Å². The number of carboxylic acid groups (broad SMARTS) is 1. The SMILES string of the molecule is CCC(O)(CC)CNS(=O)(=O)N1CCCCC1C(=O)O. The largest absolute Gasteiger partial charge is 0.480 e. The highest BCUT2D eigenvalue weighted by atomic mass is 32.2. The minimum atomic E-state index is -3.89. The maximum Gasteiger partial charge on any atom is 0.322 e. The van der Waals surface area contributed by atoms with Gasteiger partial charge in [-0.05, 0) is 32.1 Å². The van der Waals surface area contributed by atoms with E-state index in [0.717, 1.165) is 4.31 Å². The van der Waals surface area contributed by atoms with Crippen molar-refractivity contribution in [2.24, 2.45) is 0 Å². The molecular formula is C12H24N2O5S. The van der Waals surface area contributed by atoms with E-state index >= 15 is 0 Å². The lowest BCUT2D eigenvalue weighted by Crippen LogP contribution is -2.54. The van der Waals surface area contributed by atoms with E-state index in [1.165, 1.54) is 0 Å². The van der Waals surface area contributed by atoms with Gasteiger partial charge in [0.1, 0.15) is 6.04 Å². The number of rotatable bonds is 7. The molecule has 8 heteroatoms. The zero-order valence-electron chi connectivity index (χ0n) is 12.0. The van der Waals surface area contributed by atoms with E-state index < -0.39 is 27.8 Å². The molecule has 1 aliphatic heterocycles. The van der Waals surface area contributed by atoms with Gasteiger partial charge >= 0.3 is 5.97 Å². The highest BCUT2D eigenvalue weighted by Gasteiger charge is 2.37. The van der Waals surface area contributed by atoms with Crippen molar-refractivity contribution in [1.82, 2.24) is 9.03 Å². The maximum absolute atomic E-state index is 12.2. The zero-order chi connectivity index (χ0) is 15.4. The molecule has 3 N–H and O–H groups in total. The molecule has 0 bridgehead atoms. The highest BCUT2D eigenvalue weighted by molar-refractivity contribution is 7.87. The molecule has 0 aromatic heterocycles. The number of piperidine rings is 1. The predicted octanol–water partition coefficient (Wildman–Crippen LogP) is 0.311. The Morgan fingerprint density at radius 1 is 1.35 bits per heavy atom. The fourth-order valence-corrected chi connectivity index (χ4v) is 3.76. The predicted molar refractivity (Wildman–Crippen MR) is 74.4 cm³/mol. The molecule has 1 rings (SSSR count). The van der Waals surface area contributed by atoms with Gasteiger partial charge in [0.05, 0.1) is 5.60 Å². The summed E-state index contributed by atoms with van der Waals surface area (Å²) in [6, 6.07) is -1.02. The maximum atomic E-state index is 12.2. The van der Waals surface area contributed by atoms with Crippen molar-refractivity contribution in [3.05, 3.63) is 0 Å². The van der Waals surface area contributed by atoms with E-state index in [-0.39, 0.29) is 13.1 Å². The van der Waals surface area contributed by atoms with E-state index in [9.17, 15) is 18.3 Å². The van der Waals surface area contributed by atoms with Gasteiger partial charge in [0.25, 0.3) is 10.2 Å². The Kier molecular flexibility index (Phi) is 5.93. The van der Waals surface area contributed by atoms with E-state index in [2.05, 4.69) is 4.72 Å². The fraction of sp³-hybridized carbons (Fsp3) is 0.917. The van der Waals surface area contributed by atoms with Gasteiger partial charge in [-0.2, -0.15) is 17.4 Å². The molecule has 0 amide bonds. The van der Waals surface area contributed by atoms with Crippen LogP contribution < -0.4 is 4.72 Å². The Hall–Kier alpha value is -0.700. The third kappa shape index (κ3) is 4.15. The van der Waals surface area contributed by atoms with Crippen LogP contribution in [-0.4, -0.2) is 53.6 Å². The summed E-state index contributed by atoms with van der Waals surface area (Å²) in [6.45, 7) is 3.64. The van der Waals surface area contributed by atoms with Crippen molar-refractivity contribution in [1.29, 1.82) is 0 Å². The topological polar surface area (TPSA) is 107 Å². The molecule has 0 spiro atoms. The second-order valence-electron chi connectivity index (χ2n) is 5.22. The van der Waals surface area contributed by atoms with Gasteiger partial charge < -0.3 is 10.2 Å². The van der Waals surface area contributed by atoms with Crippen LogP contribution in [0.1, 0.15) is 46.0 Å². The van der Waals surface area contributed by atoms with Gasteiger partial charge in [-0.3, -0.25) is 4.79 Å². The summed E-state index contributed by atoms with van der Waals surface area (Å²) in [4.78, 5) is 11.1. The Balaban J connectivity index is 2.79. The van der Waals surface area contributed by atoms with Crippen LogP contribution in [0.2, 0.25) is 0 Å². The van der Waals surface area contributed by atoms with E-state index in [1.54, 1.807) is 13.8 Å². The van der Waals surface area contributed by atoms with E-state index in [1.807, 2.05) is 0 Å². The molecule has 0 radical (unpaired) electrons. The fourth-order valence-electron chi connectivity index (χ4n) is 2.25. The first-order valence-electron chi connectivity index (χ1n) is 6.97. The number of aliphatic hydroxyl groups is 1. The smallest absolute Gasteiger partial charge is 0.322 e. The van der Waals surface area contributed by atoms with Gasteiger partial charge in [-0.25, -0.2) is 0 Å². The third-order valence-electron chi connectivity index (χ3n) is 3.95. The molecule has 7 nitrogen and oxygen atoms in total. The lowest BCUT2D eigenvalue weighted by atomic mass is 9.98. The second kappa shape index (κ2) is 6.84. The normalized spacial score (nSPS) is 21.9. The number of aliphatic carboxylic acids is 1. The molecule has 20 heavy (non-hydrogen) atoms. The van der Waals surface area contributed by atoms with Crippen molar-refractivity contribution < 1.29 is 23.4 Å². The van der Waals surface area contributed by atoms with Crippen molar-refractivity contribution in [2.45, 2.75) is 57.6 Å².